The molecule has 0 aliphatic heterocycles. The summed E-state index contributed by atoms with van der Waals surface area (Å²) < 4.78 is 0.939. The number of hydrogen-bond acceptors (Lipinski definition) is 5. The third kappa shape index (κ3) is 3.75. The van der Waals surface area contributed by atoms with Crippen LogP contribution in [0.25, 0.3) is 0 Å². The molecule has 0 aromatic carbocycles. The van der Waals surface area contributed by atoms with Crippen molar-refractivity contribution >= 4 is 39.3 Å². The van der Waals surface area contributed by atoms with E-state index >= 15 is 0 Å². The van der Waals surface area contributed by atoms with Gasteiger partial charge in [-0.05, 0) is 35.5 Å². The first kappa shape index (κ1) is 15.6. The lowest BCUT2D eigenvalue weighted by Crippen LogP contribution is -2.34. The van der Waals surface area contributed by atoms with Crippen LogP contribution in [0.15, 0.2) is 10.8 Å². The predicted molar refractivity (Wildman–Crippen MR) is 84.8 cm³/mol. The topological polar surface area (TPSA) is 41.1 Å². The number of thioether (sulfide) groups is 1. The number of aromatic nitrogens is 2. The van der Waals surface area contributed by atoms with Gasteiger partial charge in [0, 0.05) is 25.4 Å². The molecule has 0 aliphatic carbocycles. The van der Waals surface area contributed by atoms with Gasteiger partial charge >= 0.3 is 0 Å². The second-order valence-electron chi connectivity index (χ2n) is 4.02. The molecule has 1 N–H and O–H groups in total. The fourth-order valence-corrected chi connectivity index (χ4v) is 3.23. The number of nitrogens with one attached hydrogen (secondary N) is 1. The Morgan fingerprint density at radius 2 is 2.17 bits per heavy atom. The maximum absolute atomic E-state index is 4.39. The molecule has 4 nitrogen and oxygen atoms in total. The molecule has 0 saturated carbocycles. The molecule has 1 rings (SSSR count). The Balaban J connectivity index is 2.97. The number of halogens is 1. The average molecular weight is 333 g/mol. The summed E-state index contributed by atoms with van der Waals surface area (Å²) in [5.41, 5.74) is 0. The molecule has 0 bridgehead atoms. The Bertz CT molecular complexity index is 375. The summed E-state index contributed by atoms with van der Waals surface area (Å²) in [6.45, 7) is 5.11. The zero-order valence-electron chi connectivity index (χ0n) is 11.4. The van der Waals surface area contributed by atoms with Gasteiger partial charge < -0.3 is 10.2 Å². The molecule has 1 aromatic heterocycles. The highest BCUT2D eigenvalue weighted by Gasteiger charge is 2.18. The minimum absolute atomic E-state index is 0.487. The van der Waals surface area contributed by atoms with E-state index in [1.165, 1.54) is 0 Å². The van der Waals surface area contributed by atoms with E-state index in [4.69, 9.17) is 0 Å². The van der Waals surface area contributed by atoms with E-state index in [1.54, 1.807) is 6.33 Å². The van der Waals surface area contributed by atoms with Gasteiger partial charge in [-0.25, -0.2) is 9.97 Å². The summed E-state index contributed by atoms with van der Waals surface area (Å²) in [4.78, 5) is 10.9. The molecule has 0 spiro atoms. The van der Waals surface area contributed by atoms with E-state index in [9.17, 15) is 0 Å². The molecule has 0 saturated heterocycles. The second-order valence-corrected chi connectivity index (χ2v) is 5.72. The fourth-order valence-electron chi connectivity index (χ4n) is 1.77. The zero-order valence-corrected chi connectivity index (χ0v) is 13.8. The van der Waals surface area contributed by atoms with Crippen LogP contribution in [0.2, 0.25) is 0 Å². The van der Waals surface area contributed by atoms with Gasteiger partial charge in [0.1, 0.15) is 22.4 Å². The lowest BCUT2D eigenvalue weighted by Gasteiger charge is -2.28. The first-order chi connectivity index (χ1) is 8.65. The molecule has 102 valence electrons. The van der Waals surface area contributed by atoms with Crippen molar-refractivity contribution in [2.75, 3.05) is 35.8 Å². The molecule has 1 atom stereocenters. The van der Waals surface area contributed by atoms with Crippen molar-refractivity contribution in [2.24, 2.45) is 0 Å². The van der Waals surface area contributed by atoms with E-state index in [1.807, 2.05) is 11.8 Å². The lowest BCUT2D eigenvalue weighted by molar-refractivity contribution is 0.664. The van der Waals surface area contributed by atoms with E-state index in [2.05, 4.69) is 63.3 Å². The van der Waals surface area contributed by atoms with Gasteiger partial charge in [-0.15, -0.1) is 0 Å². The zero-order chi connectivity index (χ0) is 13.5. The van der Waals surface area contributed by atoms with Crippen LogP contribution in [0.4, 0.5) is 11.6 Å². The van der Waals surface area contributed by atoms with Gasteiger partial charge in [-0.2, -0.15) is 11.8 Å². The van der Waals surface area contributed by atoms with Gasteiger partial charge in [0.25, 0.3) is 0 Å². The van der Waals surface area contributed by atoms with Crippen molar-refractivity contribution in [2.45, 2.75) is 26.3 Å². The Morgan fingerprint density at radius 1 is 1.44 bits per heavy atom. The number of rotatable bonds is 7. The van der Waals surface area contributed by atoms with E-state index < -0.39 is 0 Å². The molecular weight excluding hydrogens is 312 g/mol. The van der Waals surface area contributed by atoms with Crippen LogP contribution in [0.5, 0.6) is 0 Å². The summed E-state index contributed by atoms with van der Waals surface area (Å²) in [5.74, 6) is 2.90. The second kappa shape index (κ2) is 7.84. The molecule has 6 heteroatoms. The van der Waals surface area contributed by atoms with Crippen molar-refractivity contribution in [1.29, 1.82) is 0 Å². The van der Waals surface area contributed by atoms with Crippen LogP contribution in [0.3, 0.4) is 0 Å². The number of hydrogen-bond donors (Lipinski definition) is 1. The first-order valence-corrected chi connectivity index (χ1v) is 8.30. The summed E-state index contributed by atoms with van der Waals surface area (Å²) >= 11 is 5.46. The lowest BCUT2D eigenvalue weighted by atomic mass is 10.2. The van der Waals surface area contributed by atoms with Crippen molar-refractivity contribution in [3.63, 3.8) is 0 Å². The Labute approximate surface area is 122 Å². The standard InChI is InChI=1S/C12H21BrN4S/c1-5-9(7-18-4)17(3)12-10(13)11(14-6-2)15-8-16-12/h8-9H,5-7H2,1-4H3,(H,14,15,16). The molecular formula is C12H21BrN4S. The monoisotopic (exact) mass is 332 g/mol. The summed E-state index contributed by atoms with van der Waals surface area (Å²) in [6, 6.07) is 0.487. The van der Waals surface area contributed by atoms with Crippen LogP contribution < -0.4 is 10.2 Å². The third-order valence-electron chi connectivity index (χ3n) is 2.83. The Kier molecular flexibility index (Phi) is 6.78. The quantitative estimate of drug-likeness (QED) is 0.830. The van der Waals surface area contributed by atoms with Crippen molar-refractivity contribution in [3.05, 3.63) is 10.8 Å². The minimum atomic E-state index is 0.487. The molecule has 0 radical (unpaired) electrons. The van der Waals surface area contributed by atoms with Crippen LogP contribution in [-0.2, 0) is 0 Å². The molecule has 0 aliphatic rings. The third-order valence-corrected chi connectivity index (χ3v) is 4.28. The average Bonchev–Trinajstić information content (AvgIpc) is 2.38. The van der Waals surface area contributed by atoms with Crippen LogP contribution >= 0.6 is 27.7 Å². The maximum atomic E-state index is 4.39. The molecule has 0 amide bonds. The Hall–Kier alpha value is -0.490. The van der Waals surface area contributed by atoms with Gasteiger partial charge in [-0.1, -0.05) is 6.92 Å². The largest absolute Gasteiger partial charge is 0.369 e. The van der Waals surface area contributed by atoms with E-state index in [0.29, 0.717) is 6.04 Å². The van der Waals surface area contributed by atoms with E-state index in [0.717, 1.165) is 34.8 Å². The van der Waals surface area contributed by atoms with Crippen LogP contribution in [-0.4, -0.2) is 41.6 Å². The molecule has 18 heavy (non-hydrogen) atoms. The fraction of sp³-hybridized carbons (Fsp3) is 0.667. The molecule has 1 unspecified atom stereocenters. The van der Waals surface area contributed by atoms with E-state index in [-0.39, 0.29) is 0 Å². The van der Waals surface area contributed by atoms with Crippen molar-refractivity contribution in [1.82, 2.24) is 9.97 Å². The highest BCUT2D eigenvalue weighted by molar-refractivity contribution is 9.10. The van der Waals surface area contributed by atoms with Gasteiger partial charge in [0.05, 0.1) is 0 Å². The SMILES string of the molecule is CCNc1ncnc(N(C)C(CC)CSC)c1Br. The summed E-state index contributed by atoms with van der Waals surface area (Å²) in [7, 11) is 2.09. The van der Waals surface area contributed by atoms with Crippen LogP contribution in [0, 0.1) is 0 Å². The summed E-state index contributed by atoms with van der Waals surface area (Å²) in [6.07, 6.45) is 4.85. The molecule has 0 fully saturated rings. The van der Waals surface area contributed by atoms with Gasteiger partial charge in [0.2, 0.25) is 0 Å². The number of nitrogens with zero attached hydrogens (tertiary/aromatic N) is 3. The van der Waals surface area contributed by atoms with Crippen molar-refractivity contribution in [3.8, 4) is 0 Å². The highest BCUT2D eigenvalue weighted by Crippen LogP contribution is 2.30. The van der Waals surface area contributed by atoms with Gasteiger partial charge in [0.15, 0.2) is 0 Å². The Morgan fingerprint density at radius 3 is 2.72 bits per heavy atom. The number of anilines is 2. The molecule has 1 aromatic rings. The smallest absolute Gasteiger partial charge is 0.148 e. The van der Waals surface area contributed by atoms with Crippen molar-refractivity contribution < 1.29 is 0 Å². The molecule has 1 heterocycles. The first-order valence-electron chi connectivity index (χ1n) is 6.11. The summed E-state index contributed by atoms with van der Waals surface area (Å²) in [5, 5.41) is 3.23. The normalized spacial score (nSPS) is 12.3. The maximum Gasteiger partial charge on any atom is 0.148 e. The highest BCUT2D eigenvalue weighted by atomic mass is 79.9. The van der Waals surface area contributed by atoms with Crippen LogP contribution in [0.1, 0.15) is 20.3 Å². The predicted octanol–water partition coefficient (Wildman–Crippen LogP) is 3.25. The van der Waals surface area contributed by atoms with Gasteiger partial charge in [-0.3, -0.25) is 0 Å². The minimum Gasteiger partial charge on any atom is -0.369 e.